The van der Waals surface area contributed by atoms with Crippen molar-refractivity contribution in [1.82, 2.24) is 0 Å². The lowest BCUT2D eigenvalue weighted by Gasteiger charge is -2.39. The van der Waals surface area contributed by atoms with Gasteiger partial charge < -0.3 is 14.6 Å². The summed E-state index contributed by atoms with van der Waals surface area (Å²) in [6.45, 7) is 1.55. The van der Waals surface area contributed by atoms with E-state index in [-0.39, 0.29) is 17.6 Å². The minimum Gasteiger partial charge on any atom is -0.390 e. The third-order valence-electron chi connectivity index (χ3n) is 4.04. The van der Waals surface area contributed by atoms with Crippen molar-refractivity contribution in [2.24, 2.45) is 5.92 Å². The highest BCUT2D eigenvalue weighted by atomic mass is 16.5. The van der Waals surface area contributed by atoms with Crippen LogP contribution in [0.4, 0.5) is 0 Å². The van der Waals surface area contributed by atoms with E-state index in [1.165, 1.54) is 12.8 Å². The molecule has 0 aromatic heterocycles. The molecule has 3 nitrogen and oxygen atoms in total. The predicted molar refractivity (Wildman–Crippen MR) is 57.8 cm³/mol. The van der Waals surface area contributed by atoms with Gasteiger partial charge >= 0.3 is 0 Å². The number of ether oxygens (including phenoxy) is 2. The quantitative estimate of drug-likeness (QED) is 0.777. The Balaban J connectivity index is 2.00. The molecule has 0 aromatic carbocycles. The average molecular weight is 214 g/mol. The van der Waals surface area contributed by atoms with Gasteiger partial charge in [-0.15, -0.1) is 0 Å². The summed E-state index contributed by atoms with van der Waals surface area (Å²) in [6.07, 6.45) is 6.16. The molecule has 2 aliphatic rings. The van der Waals surface area contributed by atoms with E-state index in [4.69, 9.17) is 9.47 Å². The van der Waals surface area contributed by atoms with Crippen LogP contribution in [0.5, 0.6) is 0 Å². The minimum atomic E-state index is -0.342. The highest BCUT2D eigenvalue weighted by molar-refractivity contribution is 4.96. The fourth-order valence-electron chi connectivity index (χ4n) is 3.04. The van der Waals surface area contributed by atoms with Crippen LogP contribution in [0.25, 0.3) is 0 Å². The van der Waals surface area contributed by atoms with Crippen molar-refractivity contribution >= 4 is 0 Å². The van der Waals surface area contributed by atoms with Crippen molar-refractivity contribution in [1.29, 1.82) is 0 Å². The van der Waals surface area contributed by atoms with Gasteiger partial charge in [-0.25, -0.2) is 0 Å². The van der Waals surface area contributed by atoms with Crippen molar-refractivity contribution < 1.29 is 14.6 Å². The summed E-state index contributed by atoms with van der Waals surface area (Å²) in [5.74, 6) is 0.275. The number of hydrogen-bond acceptors (Lipinski definition) is 3. The summed E-state index contributed by atoms with van der Waals surface area (Å²) < 4.78 is 11.0. The normalized spacial score (nSPS) is 32.8. The van der Waals surface area contributed by atoms with E-state index in [2.05, 4.69) is 0 Å². The molecule has 1 N–H and O–H groups in total. The van der Waals surface area contributed by atoms with Crippen molar-refractivity contribution in [3.05, 3.63) is 0 Å². The lowest BCUT2D eigenvalue weighted by atomic mass is 9.82. The summed E-state index contributed by atoms with van der Waals surface area (Å²) in [5, 5.41) is 10.4. The van der Waals surface area contributed by atoms with E-state index < -0.39 is 0 Å². The van der Waals surface area contributed by atoms with Crippen molar-refractivity contribution in [2.45, 2.75) is 50.2 Å². The Bertz CT molecular complexity index is 193. The Morgan fingerprint density at radius 3 is 2.60 bits per heavy atom. The van der Waals surface area contributed by atoms with Crippen molar-refractivity contribution in [3.8, 4) is 0 Å². The lowest BCUT2D eigenvalue weighted by Crippen LogP contribution is -2.48. The third kappa shape index (κ3) is 2.19. The minimum absolute atomic E-state index is 0.272. The van der Waals surface area contributed by atoms with Gasteiger partial charge in [-0.2, -0.15) is 0 Å². The zero-order valence-corrected chi connectivity index (χ0v) is 9.58. The predicted octanol–water partition coefficient (Wildman–Crippen LogP) is 1.73. The second-order valence-electron chi connectivity index (χ2n) is 4.90. The summed E-state index contributed by atoms with van der Waals surface area (Å²) in [4.78, 5) is 0. The van der Waals surface area contributed by atoms with Crippen LogP contribution in [0.15, 0.2) is 0 Å². The van der Waals surface area contributed by atoms with Gasteiger partial charge in [-0.1, -0.05) is 12.8 Å². The van der Waals surface area contributed by atoms with Crippen molar-refractivity contribution in [2.75, 3.05) is 20.3 Å². The van der Waals surface area contributed by atoms with E-state index in [1.807, 2.05) is 0 Å². The van der Waals surface area contributed by atoms with E-state index >= 15 is 0 Å². The van der Waals surface area contributed by atoms with Crippen LogP contribution in [-0.4, -0.2) is 37.1 Å². The number of methoxy groups -OCH3 is 1. The summed E-state index contributed by atoms with van der Waals surface area (Å²) in [7, 11) is 1.73. The molecule has 0 bridgehead atoms. The Morgan fingerprint density at radius 1 is 1.33 bits per heavy atom. The van der Waals surface area contributed by atoms with Gasteiger partial charge in [0.15, 0.2) is 0 Å². The van der Waals surface area contributed by atoms with Gasteiger partial charge in [-0.3, -0.25) is 0 Å². The maximum atomic E-state index is 10.4. The Morgan fingerprint density at radius 2 is 2.07 bits per heavy atom. The van der Waals surface area contributed by atoms with Crippen LogP contribution < -0.4 is 0 Å². The highest BCUT2D eigenvalue weighted by Gasteiger charge is 2.44. The molecule has 1 aliphatic carbocycles. The smallest absolute Gasteiger partial charge is 0.0940 e. The second-order valence-corrected chi connectivity index (χ2v) is 4.90. The van der Waals surface area contributed by atoms with Gasteiger partial charge in [0.1, 0.15) is 0 Å². The first-order valence-electron chi connectivity index (χ1n) is 6.09. The number of rotatable bonds is 3. The summed E-state index contributed by atoms with van der Waals surface area (Å²) in [5.41, 5.74) is -0.272. The molecule has 2 atom stereocenters. The first-order valence-corrected chi connectivity index (χ1v) is 6.09. The zero-order valence-electron chi connectivity index (χ0n) is 9.58. The standard InChI is InChI=1S/C12H22O3/c1-14-12(6-2-3-7-12)11(13)10-5-4-8-15-9-10/h10-11,13H,2-9H2,1H3. The topological polar surface area (TPSA) is 38.7 Å². The van der Waals surface area contributed by atoms with E-state index in [0.717, 1.165) is 32.3 Å². The molecule has 3 heteroatoms. The molecule has 1 aliphatic heterocycles. The fraction of sp³-hybridized carbons (Fsp3) is 1.00. The molecule has 2 rings (SSSR count). The first-order chi connectivity index (χ1) is 7.28. The molecule has 1 saturated heterocycles. The molecular weight excluding hydrogens is 192 g/mol. The third-order valence-corrected chi connectivity index (χ3v) is 4.04. The van der Waals surface area contributed by atoms with Crippen LogP contribution >= 0.6 is 0 Å². The molecular formula is C12H22O3. The van der Waals surface area contributed by atoms with Crippen LogP contribution in [0, 0.1) is 5.92 Å². The fourth-order valence-corrected chi connectivity index (χ4v) is 3.04. The number of aliphatic hydroxyl groups excluding tert-OH is 1. The number of hydrogen-bond donors (Lipinski definition) is 1. The molecule has 88 valence electrons. The molecule has 1 heterocycles. The molecule has 0 aromatic rings. The molecule has 0 spiro atoms. The van der Waals surface area contributed by atoms with Gasteiger partial charge in [0.2, 0.25) is 0 Å². The largest absolute Gasteiger partial charge is 0.390 e. The molecule has 0 radical (unpaired) electrons. The van der Waals surface area contributed by atoms with Crippen LogP contribution in [0.3, 0.4) is 0 Å². The van der Waals surface area contributed by atoms with E-state index in [1.54, 1.807) is 7.11 Å². The van der Waals surface area contributed by atoms with Gasteiger partial charge in [0, 0.05) is 19.6 Å². The number of aliphatic hydroxyl groups is 1. The SMILES string of the molecule is COC1(C(O)C2CCCOC2)CCCC1. The zero-order chi connectivity index (χ0) is 10.7. The maximum Gasteiger partial charge on any atom is 0.0940 e. The van der Waals surface area contributed by atoms with Crippen LogP contribution in [0.1, 0.15) is 38.5 Å². The Labute approximate surface area is 91.8 Å². The molecule has 0 amide bonds. The molecule has 2 fully saturated rings. The summed E-state index contributed by atoms with van der Waals surface area (Å²) in [6, 6.07) is 0. The monoisotopic (exact) mass is 214 g/mol. The Kier molecular flexibility index (Phi) is 3.65. The average Bonchev–Trinajstić information content (AvgIpc) is 2.79. The molecule has 1 saturated carbocycles. The molecule has 15 heavy (non-hydrogen) atoms. The van der Waals surface area contributed by atoms with Crippen LogP contribution in [-0.2, 0) is 9.47 Å². The highest BCUT2D eigenvalue weighted by Crippen LogP contribution is 2.39. The first kappa shape index (κ1) is 11.4. The maximum absolute atomic E-state index is 10.4. The van der Waals surface area contributed by atoms with Gasteiger partial charge in [0.25, 0.3) is 0 Å². The van der Waals surface area contributed by atoms with Gasteiger partial charge in [0.05, 0.1) is 18.3 Å². The van der Waals surface area contributed by atoms with Crippen molar-refractivity contribution in [3.63, 3.8) is 0 Å². The summed E-state index contributed by atoms with van der Waals surface area (Å²) >= 11 is 0. The lowest BCUT2D eigenvalue weighted by molar-refractivity contribution is -0.139. The van der Waals surface area contributed by atoms with E-state index in [0.29, 0.717) is 6.61 Å². The second kappa shape index (κ2) is 4.81. The Hall–Kier alpha value is -0.120. The molecule has 2 unspecified atom stereocenters. The van der Waals surface area contributed by atoms with Crippen LogP contribution in [0.2, 0.25) is 0 Å². The van der Waals surface area contributed by atoms with E-state index in [9.17, 15) is 5.11 Å². The van der Waals surface area contributed by atoms with Gasteiger partial charge in [-0.05, 0) is 25.7 Å².